The maximum Gasteiger partial charge on any atom is 0.246 e. The Morgan fingerprint density at radius 3 is 2.63 bits per heavy atom. The molecule has 11 nitrogen and oxygen atoms in total. The minimum atomic E-state index is -0.592. The standard InChI is InChI=1S/C25H33F2N7O4/c26-16-10-19-20(13-30-23(19)29-12-16)24-31-14-21(27)25(34-24)33-18-3-1-2-17(11-18)32-22(35)15-38-9-8-37-7-6-36-5-4-28/h10,12-14,17-18H,1-9,11,15,28H2,(H,29,30)(H,32,35)(H,31,33,34)/t17-,18+/m1/s1. The molecule has 1 amide bonds. The average molecular weight is 534 g/mol. The third-order valence-electron chi connectivity index (χ3n) is 6.10. The van der Waals surface area contributed by atoms with Crippen LogP contribution in [-0.4, -0.2) is 84.1 Å². The van der Waals surface area contributed by atoms with Crippen LogP contribution < -0.4 is 16.4 Å². The summed E-state index contributed by atoms with van der Waals surface area (Å²) < 4.78 is 44.2. The molecule has 1 saturated carbocycles. The summed E-state index contributed by atoms with van der Waals surface area (Å²) >= 11 is 0. The number of H-pyrrole nitrogens is 1. The fourth-order valence-electron chi connectivity index (χ4n) is 4.36. The molecule has 1 aliphatic carbocycles. The Hall–Kier alpha value is -3.26. The molecule has 0 radical (unpaired) electrons. The number of aromatic amines is 1. The van der Waals surface area contributed by atoms with E-state index in [0.717, 1.165) is 31.7 Å². The molecule has 0 saturated heterocycles. The summed E-state index contributed by atoms with van der Waals surface area (Å²) in [5.41, 5.74) is 6.34. The largest absolute Gasteiger partial charge is 0.378 e. The van der Waals surface area contributed by atoms with E-state index in [4.69, 9.17) is 19.9 Å². The number of nitrogens with zero attached hydrogens (tertiary/aromatic N) is 3. The number of fused-ring (bicyclic) bond motifs is 1. The molecule has 1 fully saturated rings. The number of carbonyl (C=O) groups is 1. The van der Waals surface area contributed by atoms with E-state index in [1.807, 2.05) is 0 Å². The van der Waals surface area contributed by atoms with E-state index in [9.17, 15) is 13.6 Å². The maximum atomic E-state index is 14.6. The highest BCUT2D eigenvalue weighted by molar-refractivity contribution is 5.91. The number of ether oxygens (including phenoxy) is 3. The number of hydrogen-bond acceptors (Lipinski definition) is 9. The van der Waals surface area contributed by atoms with Crippen LogP contribution in [0.2, 0.25) is 0 Å². The second-order valence-electron chi connectivity index (χ2n) is 8.98. The Kier molecular flexibility index (Phi) is 10.3. The number of pyridine rings is 1. The number of halogens is 2. The first-order valence-electron chi connectivity index (χ1n) is 12.7. The van der Waals surface area contributed by atoms with Gasteiger partial charge >= 0.3 is 0 Å². The van der Waals surface area contributed by atoms with Crippen LogP contribution in [0.15, 0.2) is 24.7 Å². The number of amides is 1. The topological polar surface area (TPSA) is 149 Å². The van der Waals surface area contributed by atoms with Gasteiger partial charge in [-0.1, -0.05) is 0 Å². The van der Waals surface area contributed by atoms with Gasteiger partial charge in [0.05, 0.1) is 45.4 Å². The van der Waals surface area contributed by atoms with Crippen LogP contribution in [0.25, 0.3) is 22.4 Å². The summed E-state index contributed by atoms with van der Waals surface area (Å²) in [6, 6.07) is 1.17. The first-order chi connectivity index (χ1) is 18.5. The van der Waals surface area contributed by atoms with Crippen LogP contribution in [0.1, 0.15) is 25.7 Å². The van der Waals surface area contributed by atoms with Gasteiger partial charge in [0.25, 0.3) is 0 Å². The Morgan fingerprint density at radius 2 is 1.82 bits per heavy atom. The molecule has 13 heteroatoms. The Bertz CT molecular complexity index is 1200. The van der Waals surface area contributed by atoms with Crippen LogP contribution >= 0.6 is 0 Å². The van der Waals surface area contributed by atoms with Crippen LogP contribution in [-0.2, 0) is 19.0 Å². The lowest BCUT2D eigenvalue weighted by atomic mass is 9.91. The highest BCUT2D eigenvalue weighted by atomic mass is 19.1. The summed E-state index contributed by atoms with van der Waals surface area (Å²) in [6.07, 6.45) is 6.91. The lowest BCUT2D eigenvalue weighted by molar-refractivity contribution is -0.127. The number of carbonyl (C=O) groups excluding carboxylic acids is 1. The summed E-state index contributed by atoms with van der Waals surface area (Å²) in [7, 11) is 0. The number of nitrogens with one attached hydrogen (secondary N) is 3. The van der Waals surface area contributed by atoms with Crippen molar-refractivity contribution in [2.75, 3.05) is 51.5 Å². The molecule has 3 aromatic rings. The van der Waals surface area contributed by atoms with Crippen molar-refractivity contribution in [3.8, 4) is 11.4 Å². The highest BCUT2D eigenvalue weighted by Crippen LogP contribution is 2.28. The number of rotatable bonds is 14. The zero-order chi connectivity index (χ0) is 26.7. The smallest absolute Gasteiger partial charge is 0.246 e. The van der Waals surface area contributed by atoms with Gasteiger partial charge in [0, 0.05) is 35.8 Å². The van der Waals surface area contributed by atoms with Gasteiger partial charge in [0.1, 0.15) is 18.1 Å². The lowest BCUT2D eigenvalue weighted by Crippen LogP contribution is -2.43. The minimum absolute atomic E-state index is 0.0578. The van der Waals surface area contributed by atoms with Gasteiger partial charge in [-0.25, -0.2) is 23.7 Å². The van der Waals surface area contributed by atoms with E-state index in [-0.39, 0.29) is 36.2 Å². The van der Waals surface area contributed by atoms with Gasteiger partial charge in [-0.2, -0.15) is 0 Å². The zero-order valence-electron chi connectivity index (χ0n) is 21.1. The van der Waals surface area contributed by atoms with Crippen molar-refractivity contribution in [2.24, 2.45) is 5.73 Å². The minimum Gasteiger partial charge on any atom is -0.378 e. The molecule has 0 aliphatic heterocycles. The van der Waals surface area contributed by atoms with Crippen LogP contribution in [0.3, 0.4) is 0 Å². The Morgan fingerprint density at radius 1 is 1.05 bits per heavy atom. The van der Waals surface area contributed by atoms with Gasteiger partial charge in [-0.3, -0.25) is 4.79 Å². The van der Waals surface area contributed by atoms with Gasteiger partial charge in [0.15, 0.2) is 17.5 Å². The van der Waals surface area contributed by atoms with Crippen LogP contribution in [0.5, 0.6) is 0 Å². The Balaban J connectivity index is 1.24. The van der Waals surface area contributed by atoms with Crippen LogP contribution in [0, 0.1) is 11.6 Å². The van der Waals surface area contributed by atoms with Crippen molar-refractivity contribution in [3.05, 3.63) is 36.3 Å². The van der Waals surface area contributed by atoms with Crippen molar-refractivity contribution < 1.29 is 27.8 Å². The predicted octanol–water partition coefficient (Wildman–Crippen LogP) is 2.15. The van der Waals surface area contributed by atoms with Gasteiger partial charge in [-0.05, 0) is 31.7 Å². The SMILES string of the molecule is NCCOCCOCCOCC(=O)N[C@@H]1CCC[C@H](Nc2nc(-c3c[nH]c4ncc(F)cc34)ncc2F)C1. The molecule has 0 aromatic carbocycles. The fourth-order valence-corrected chi connectivity index (χ4v) is 4.36. The molecule has 3 heterocycles. The molecule has 4 rings (SSSR count). The van der Waals surface area contributed by atoms with Crippen molar-refractivity contribution in [2.45, 2.75) is 37.8 Å². The highest BCUT2D eigenvalue weighted by Gasteiger charge is 2.25. The third-order valence-corrected chi connectivity index (χ3v) is 6.10. The van der Waals surface area contributed by atoms with Crippen LogP contribution in [0.4, 0.5) is 14.6 Å². The second kappa shape index (κ2) is 14.0. The molecule has 3 aromatic heterocycles. The molecule has 206 valence electrons. The zero-order valence-corrected chi connectivity index (χ0v) is 21.1. The van der Waals surface area contributed by atoms with E-state index < -0.39 is 11.6 Å². The normalized spacial score (nSPS) is 17.6. The van der Waals surface area contributed by atoms with Gasteiger partial charge in [0.2, 0.25) is 5.91 Å². The molecule has 2 atom stereocenters. The monoisotopic (exact) mass is 533 g/mol. The molecule has 5 N–H and O–H groups in total. The maximum absolute atomic E-state index is 14.6. The van der Waals surface area contributed by atoms with Crippen molar-refractivity contribution in [1.82, 2.24) is 25.3 Å². The molecule has 38 heavy (non-hydrogen) atoms. The first kappa shape index (κ1) is 27.8. The van der Waals surface area contributed by atoms with Crippen molar-refractivity contribution in [3.63, 3.8) is 0 Å². The van der Waals surface area contributed by atoms with E-state index in [1.54, 1.807) is 6.20 Å². The molecule has 0 spiro atoms. The van der Waals surface area contributed by atoms with Crippen molar-refractivity contribution in [1.29, 1.82) is 0 Å². The molecule has 1 aliphatic rings. The average Bonchev–Trinajstić information content (AvgIpc) is 3.32. The number of hydrogen-bond donors (Lipinski definition) is 4. The number of nitrogens with two attached hydrogens (primary N) is 1. The molecule has 0 unspecified atom stereocenters. The van der Waals surface area contributed by atoms with E-state index in [1.165, 1.54) is 6.07 Å². The third kappa shape index (κ3) is 7.87. The summed E-state index contributed by atoms with van der Waals surface area (Å²) in [4.78, 5) is 27.7. The Labute approximate surface area is 218 Å². The quantitative estimate of drug-likeness (QED) is 0.229. The summed E-state index contributed by atoms with van der Waals surface area (Å²) in [5.74, 6) is -0.986. The second-order valence-corrected chi connectivity index (χ2v) is 8.98. The van der Waals surface area contributed by atoms with E-state index >= 15 is 0 Å². The van der Waals surface area contributed by atoms with Gasteiger partial charge < -0.3 is 35.6 Å². The molecular weight excluding hydrogens is 500 g/mol. The number of aromatic nitrogens is 4. The molecular formula is C25H33F2N7O4. The van der Waals surface area contributed by atoms with Crippen molar-refractivity contribution >= 4 is 22.8 Å². The summed E-state index contributed by atoms with van der Waals surface area (Å²) in [5, 5.41) is 6.65. The predicted molar refractivity (Wildman–Crippen MR) is 136 cm³/mol. The first-order valence-corrected chi connectivity index (χ1v) is 12.7. The fraction of sp³-hybridized carbons (Fsp3) is 0.520. The van der Waals surface area contributed by atoms with E-state index in [2.05, 4.69) is 30.6 Å². The van der Waals surface area contributed by atoms with E-state index in [0.29, 0.717) is 62.6 Å². The number of anilines is 1. The van der Waals surface area contributed by atoms with Gasteiger partial charge in [-0.15, -0.1) is 0 Å². The summed E-state index contributed by atoms with van der Waals surface area (Å²) in [6.45, 7) is 2.48. The molecule has 0 bridgehead atoms. The lowest BCUT2D eigenvalue weighted by Gasteiger charge is -2.30.